The number of hydrogen-bond donors (Lipinski definition) is 3. The van der Waals surface area contributed by atoms with Gasteiger partial charge in [-0.25, -0.2) is 4.68 Å². The van der Waals surface area contributed by atoms with Crippen LogP contribution in [0, 0.1) is 0 Å². The predicted molar refractivity (Wildman–Crippen MR) is 158 cm³/mol. The summed E-state index contributed by atoms with van der Waals surface area (Å²) < 4.78 is 7.57. The molecule has 214 valence electrons. The van der Waals surface area contributed by atoms with Gasteiger partial charge in [-0.1, -0.05) is 45.0 Å². The fraction of sp³-hybridized carbons (Fsp3) is 0.312. The van der Waals surface area contributed by atoms with Crippen molar-refractivity contribution in [2.75, 3.05) is 13.2 Å². The summed E-state index contributed by atoms with van der Waals surface area (Å²) >= 11 is 0. The van der Waals surface area contributed by atoms with E-state index in [-0.39, 0.29) is 24.2 Å². The quantitative estimate of drug-likeness (QED) is 0.226. The first-order valence-corrected chi connectivity index (χ1v) is 13.6. The Labute approximate surface area is 240 Å². The first-order valence-electron chi connectivity index (χ1n) is 13.6. The molecule has 2 aromatic heterocycles. The van der Waals surface area contributed by atoms with Crippen molar-refractivity contribution in [2.45, 2.75) is 51.5 Å². The number of hydrogen-bond acceptors (Lipinski definition) is 6. The average molecular weight is 556 g/mol. The van der Waals surface area contributed by atoms with Crippen molar-refractivity contribution < 1.29 is 19.4 Å². The van der Waals surface area contributed by atoms with E-state index in [2.05, 4.69) is 61.4 Å². The maximum absolute atomic E-state index is 12.4. The summed E-state index contributed by atoms with van der Waals surface area (Å²) in [6.45, 7) is 6.73. The van der Waals surface area contributed by atoms with Gasteiger partial charge in [0.1, 0.15) is 18.4 Å². The second kappa shape index (κ2) is 13.2. The Balaban J connectivity index is 1.35. The molecular weight excluding hydrogens is 518 g/mol. The van der Waals surface area contributed by atoms with Gasteiger partial charge >= 0.3 is 0 Å². The normalized spacial score (nSPS) is 12.2. The number of phenols is 1. The van der Waals surface area contributed by atoms with Crippen LogP contribution in [-0.2, 0) is 32.6 Å². The topological polar surface area (TPSA) is 132 Å². The van der Waals surface area contributed by atoms with E-state index in [1.807, 2.05) is 16.8 Å². The number of aromatic nitrogens is 3. The summed E-state index contributed by atoms with van der Waals surface area (Å²) in [5.74, 6) is -0.936. The van der Waals surface area contributed by atoms with Gasteiger partial charge in [0.25, 0.3) is 0 Å². The van der Waals surface area contributed by atoms with Crippen molar-refractivity contribution in [2.24, 2.45) is 5.73 Å². The molecule has 0 aliphatic carbocycles. The van der Waals surface area contributed by atoms with Crippen molar-refractivity contribution in [1.29, 1.82) is 0 Å². The van der Waals surface area contributed by atoms with Crippen LogP contribution in [0.3, 0.4) is 0 Å². The number of aryl methyl sites for hydroxylation is 1. The lowest BCUT2D eigenvalue weighted by molar-refractivity contribution is -0.130. The summed E-state index contributed by atoms with van der Waals surface area (Å²) in [6, 6.07) is 19.9. The van der Waals surface area contributed by atoms with E-state index in [9.17, 15) is 14.7 Å². The van der Waals surface area contributed by atoms with Gasteiger partial charge in [0.05, 0.1) is 11.4 Å². The highest BCUT2D eigenvalue weighted by Crippen LogP contribution is 2.26. The van der Waals surface area contributed by atoms with Crippen LogP contribution in [-0.4, -0.2) is 50.9 Å². The number of carbonyl (C=O) groups is 2. The maximum Gasteiger partial charge on any atom is 0.246 e. The number of rotatable bonds is 12. The van der Waals surface area contributed by atoms with Crippen LogP contribution >= 0.6 is 0 Å². The summed E-state index contributed by atoms with van der Waals surface area (Å²) in [6.07, 6.45) is 5.08. The molecule has 0 radical (unpaired) electrons. The first-order chi connectivity index (χ1) is 19.6. The highest BCUT2D eigenvalue weighted by Gasteiger charge is 2.19. The van der Waals surface area contributed by atoms with Crippen LogP contribution in [0.1, 0.15) is 44.0 Å². The number of carbonyl (C=O) groups excluding carboxylic acids is 2. The van der Waals surface area contributed by atoms with E-state index >= 15 is 0 Å². The molecule has 2 heterocycles. The molecular formula is C32H37N5O4. The number of nitrogens with one attached hydrogen (secondary N) is 1. The molecule has 2 aromatic carbocycles. The lowest BCUT2D eigenvalue weighted by Gasteiger charge is -2.19. The summed E-state index contributed by atoms with van der Waals surface area (Å²) in [4.78, 5) is 28.4. The monoisotopic (exact) mass is 555 g/mol. The molecule has 1 atom stereocenters. The SMILES string of the molecule is CC(C)(C)c1ccc(-n2nc(-c3ccncc3)cc2CCCOCC(=O)N[C@@H](Cc2ccc(O)cc2)C(N)=O)cc1. The molecule has 0 spiro atoms. The Kier molecular flexibility index (Phi) is 9.52. The Morgan fingerprint density at radius 3 is 2.34 bits per heavy atom. The van der Waals surface area contributed by atoms with Crippen molar-refractivity contribution in [3.63, 3.8) is 0 Å². The molecule has 0 unspecified atom stereocenters. The van der Waals surface area contributed by atoms with E-state index in [1.54, 1.807) is 24.5 Å². The molecule has 0 saturated carbocycles. The number of benzene rings is 2. The third-order valence-corrected chi connectivity index (χ3v) is 6.75. The molecule has 0 bridgehead atoms. The van der Waals surface area contributed by atoms with Crippen molar-refractivity contribution in [3.8, 4) is 22.7 Å². The number of amides is 2. The standard InChI is InChI=1S/C32H37N5O4/c1-32(2,3)24-8-10-25(11-9-24)37-26(20-28(36-37)23-14-16-34-17-15-23)5-4-18-41-21-30(39)35-29(31(33)40)19-22-6-12-27(38)13-7-22/h6-17,20,29,38H,4-5,18-19,21H2,1-3H3,(H2,33,40)(H,35,39)/t29-/m0/s1. The number of nitrogens with two attached hydrogens (primary N) is 1. The third-order valence-electron chi connectivity index (χ3n) is 6.75. The van der Waals surface area contributed by atoms with Crippen molar-refractivity contribution in [3.05, 3.63) is 95.9 Å². The van der Waals surface area contributed by atoms with Crippen LogP contribution in [0.4, 0.5) is 0 Å². The lowest BCUT2D eigenvalue weighted by atomic mass is 9.87. The van der Waals surface area contributed by atoms with Gasteiger partial charge in [-0.2, -0.15) is 5.10 Å². The van der Waals surface area contributed by atoms with Gasteiger partial charge in [0.15, 0.2) is 0 Å². The Morgan fingerprint density at radius 2 is 1.71 bits per heavy atom. The second-order valence-corrected chi connectivity index (χ2v) is 11.0. The van der Waals surface area contributed by atoms with E-state index < -0.39 is 17.9 Å². The van der Waals surface area contributed by atoms with Crippen molar-refractivity contribution in [1.82, 2.24) is 20.1 Å². The molecule has 0 aliphatic heterocycles. The molecule has 4 N–H and O–H groups in total. The van der Waals surface area contributed by atoms with E-state index in [1.165, 1.54) is 17.7 Å². The van der Waals surface area contributed by atoms with Gasteiger partial charge < -0.3 is 20.9 Å². The molecule has 41 heavy (non-hydrogen) atoms. The number of nitrogens with zero attached hydrogens (tertiary/aromatic N) is 3. The van der Waals surface area contributed by atoms with Gasteiger partial charge in [-0.3, -0.25) is 14.6 Å². The highest BCUT2D eigenvalue weighted by atomic mass is 16.5. The zero-order valence-corrected chi connectivity index (χ0v) is 23.7. The van der Waals surface area contributed by atoms with E-state index in [0.717, 1.165) is 28.2 Å². The fourth-order valence-corrected chi connectivity index (χ4v) is 4.43. The molecule has 4 rings (SSSR count). The number of ether oxygens (including phenoxy) is 1. The summed E-state index contributed by atoms with van der Waals surface area (Å²) in [7, 11) is 0. The highest BCUT2D eigenvalue weighted by molar-refractivity contribution is 5.87. The smallest absolute Gasteiger partial charge is 0.246 e. The minimum absolute atomic E-state index is 0.0558. The molecule has 0 aliphatic rings. The van der Waals surface area contributed by atoms with Gasteiger partial charge in [0, 0.05) is 36.7 Å². The van der Waals surface area contributed by atoms with Crippen molar-refractivity contribution >= 4 is 11.8 Å². The van der Waals surface area contributed by atoms with Crippen LogP contribution in [0.5, 0.6) is 5.75 Å². The fourth-order valence-electron chi connectivity index (χ4n) is 4.43. The van der Waals surface area contributed by atoms with E-state index in [4.69, 9.17) is 15.6 Å². The van der Waals surface area contributed by atoms with Crippen LogP contribution in [0.2, 0.25) is 0 Å². The van der Waals surface area contributed by atoms with E-state index in [0.29, 0.717) is 19.4 Å². The molecule has 4 aromatic rings. The molecule has 0 fully saturated rings. The molecule has 2 amide bonds. The minimum atomic E-state index is -0.874. The van der Waals surface area contributed by atoms with Gasteiger partial charge in [0.2, 0.25) is 11.8 Å². The molecule has 0 saturated heterocycles. The minimum Gasteiger partial charge on any atom is -0.508 e. The lowest BCUT2D eigenvalue weighted by Crippen LogP contribution is -2.47. The summed E-state index contributed by atoms with van der Waals surface area (Å²) in [5.41, 5.74) is 11.4. The molecule has 9 nitrogen and oxygen atoms in total. The van der Waals surface area contributed by atoms with Gasteiger partial charge in [-0.05, 0) is 71.8 Å². The largest absolute Gasteiger partial charge is 0.508 e. The van der Waals surface area contributed by atoms with Crippen LogP contribution in [0.25, 0.3) is 16.9 Å². The number of pyridine rings is 1. The zero-order chi connectivity index (χ0) is 29.4. The molecule has 9 heteroatoms. The first kappa shape index (κ1) is 29.5. The summed E-state index contributed by atoms with van der Waals surface area (Å²) in [5, 5.41) is 17.0. The van der Waals surface area contributed by atoms with Gasteiger partial charge in [-0.15, -0.1) is 0 Å². The second-order valence-electron chi connectivity index (χ2n) is 11.0. The number of primary amides is 1. The Morgan fingerprint density at radius 1 is 1.02 bits per heavy atom. The maximum atomic E-state index is 12.4. The number of aromatic hydroxyl groups is 1. The predicted octanol–water partition coefficient (Wildman–Crippen LogP) is 4.10. The Bertz CT molecular complexity index is 1440. The average Bonchev–Trinajstić information content (AvgIpc) is 3.38. The Hall–Kier alpha value is -4.50. The zero-order valence-electron chi connectivity index (χ0n) is 23.7. The van der Waals surface area contributed by atoms with Crippen LogP contribution in [0.15, 0.2) is 79.1 Å². The van der Waals surface area contributed by atoms with Crippen LogP contribution < -0.4 is 11.1 Å². The third kappa shape index (κ3) is 8.25. The number of phenolic OH excluding ortho intramolecular Hbond substituents is 1.